The van der Waals surface area contributed by atoms with Crippen LogP contribution in [-0.2, 0) is 11.3 Å². The first-order chi connectivity index (χ1) is 14.6. The Bertz CT molecular complexity index is 1250. The molecule has 1 amide bonds. The lowest BCUT2D eigenvalue weighted by atomic mass is 10.2. The summed E-state index contributed by atoms with van der Waals surface area (Å²) in [5.74, 6) is 2.05. The fourth-order valence-corrected chi connectivity index (χ4v) is 4.16. The normalized spacial score (nSPS) is 14.8. The van der Waals surface area contributed by atoms with Crippen molar-refractivity contribution in [3.05, 3.63) is 58.7 Å². The Hall–Kier alpha value is -3.27. The van der Waals surface area contributed by atoms with Crippen LogP contribution in [-0.4, -0.2) is 35.9 Å². The highest BCUT2D eigenvalue weighted by Gasteiger charge is 2.31. The van der Waals surface area contributed by atoms with Crippen molar-refractivity contribution in [3.63, 3.8) is 0 Å². The minimum atomic E-state index is -0.391. The Kier molecular flexibility index (Phi) is 4.70. The van der Waals surface area contributed by atoms with Crippen LogP contribution in [0.4, 0.5) is 5.69 Å². The van der Waals surface area contributed by atoms with Crippen LogP contribution >= 0.6 is 11.8 Å². The molecule has 4 aromatic rings. The molecule has 0 aliphatic heterocycles. The second-order valence-corrected chi connectivity index (χ2v) is 8.68. The molecule has 0 bridgehead atoms. The first kappa shape index (κ1) is 18.7. The number of aromatic nitrogens is 5. The van der Waals surface area contributed by atoms with Gasteiger partial charge in [0, 0.05) is 11.6 Å². The summed E-state index contributed by atoms with van der Waals surface area (Å²) in [5, 5.41) is 11.9. The molecule has 1 aliphatic carbocycles. The molecule has 10 heteroatoms. The number of H-pyrrole nitrogens is 2. The summed E-state index contributed by atoms with van der Waals surface area (Å²) in [6.07, 6.45) is 3.87. The summed E-state index contributed by atoms with van der Waals surface area (Å²) >= 11 is 1.36. The predicted molar refractivity (Wildman–Crippen MR) is 113 cm³/mol. The molecule has 1 saturated carbocycles. The molecule has 1 aromatic carbocycles. The number of aromatic amines is 2. The number of hydrogen-bond acceptors (Lipinski definition) is 6. The summed E-state index contributed by atoms with van der Waals surface area (Å²) in [4.78, 5) is 29.5. The number of rotatable bonds is 7. The van der Waals surface area contributed by atoms with Gasteiger partial charge in [-0.05, 0) is 50.1 Å². The van der Waals surface area contributed by atoms with Crippen LogP contribution in [0.1, 0.15) is 37.3 Å². The van der Waals surface area contributed by atoms with Gasteiger partial charge in [0.15, 0.2) is 5.16 Å². The smallest absolute Gasteiger partial charge is 0.323 e. The molecule has 3 aromatic heterocycles. The van der Waals surface area contributed by atoms with Crippen molar-refractivity contribution in [2.45, 2.75) is 42.6 Å². The molecule has 1 atom stereocenters. The molecule has 3 N–H and O–H groups in total. The van der Waals surface area contributed by atoms with E-state index in [0.717, 1.165) is 24.4 Å². The van der Waals surface area contributed by atoms with E-state index in [4.69, 9.17) is 4.42 Å². The van der Waals surface area contributed by atoms with Gasteiger partial charge in [0.05, 0.1) is 29.1 Å². The fourth-order valence-electron chi connectivity index (χ4n) is 3.30. The maximum absolute atomic E-state index is 12.8. The van der Waals surface area contributed by atoms with E-state index in [-0.39, 0.29) is 11.6 Å². The zero-order valence-corrected chi connectivity index (χ0v) is 17.0. The average Bonchev–Trinajstić information content (AvgIpc) is 3.10. The van der Waals surface area contributed by atoms with Crippen molar-refractivity contribution in [1.82, 2.24) is 24.7 Å². The molecule has 0 saturated heterocycles. The number of thioether (sulfide) groups is 1. The second kappa shape index (κ2) is 7.52. The molecule has 0 spiro atoms. The Morgan fingerprint density at radius 2 is 2.13 bits per heavy atom. The quantitative estimate of drug-likeness (QED) is 0.392. The summed E-state index contributed by atoms with van der Waals surface area (Å²) in [7, 11) is 0. The third kappa shape index (κ3) is 3.78. The molecular weight excluding hydrogens is 404 g/mol. The molecule has 154 valence electrons. The van der Waals surface area contributed by atoms with Gasteiger partial charge in [-0.15, -0.1) is 10.2 Å². The van der Waals surface area contributed by atoms with Crippen molar-refractivity contribution < 1.29 is 9.21 Å². The number of anilines is 1. The van der Waals surface area contributed by atoms with Crippen molar-refractivity contribution in [1.29, 1.82) is 0 Å². The molecule has 1 unspecified atom stereocenters. The van der Waals surface area contributed by atoms with E-state index >= 15 is 0 Å². The van der Waals surface area contributed by atoms with Gasteiger partial charge in [-0.2, -0.15) is 0 Å². The number of benzene rings is 1. The topological polar surface area (TPSA) is 122 Å². The Morgan fingerprint density at radius 1 is 1.30 bits per heavy atom. The first-order valence-electron chi connectivity index (χ1n) is 9.72. The van der Waals surface area contributed by atoms with Gasteiger partial charge >= 0.3 is 5.69 Å². The molecule has 1 aliphatic rings. The molecular formula is C20H20N6O3S. The monoisotopic (exact) mass is 424 g/mol. The Labute approximate surface area is 175 Å². The molecule has 30 heavy (non-hydrogen) atoms. The molecule has 3 heterocycles. The number of amides is 1. The van der Waals surface area contributed by atoms with Crippen LogP contribution in [0.3, 0.4) is 0 Å². The van der Waals surface area contributed by atoms with Gasteiger partial charge in [-0.25, -0.2) is 4.79 Å². The molecule has 5 rings (SSSR count). The predicted octanol–water partition coefficient (Wildman–Crippen LogP) is 3.09. The number of imidazole rings is 1. The van der Waals surface area contributed by atoms with E-state index in [9.17, 15) is 9.59 Å². The second-order valence-electron chi connectivity index (χ2n) is 7.37. The summed E-state index contributed by atoms with van der Waals surface area (Å²) in [6.45, 7) is 2.37. The summed E-state index contributed by atoms with van der Waals surface area (Å²) in [5.41, 5.74) is 1.68. The maximum Gasteiger partial charge on any atom is 0.323 e. The molecule has 0 radical (unpaired) electrons. The van der Waals surface area contributed by atoms with Gasteiger partial charge in [-0.1, -0.05) is 11.8 Å². The standard InChI is InChI=1S/C20H20N6O3S/c1-11(18(27)21-13-6-7-15-16(9-13)23-19(28)22-15)30-20-25-24-17(12-4-5-12)26(20)10-14-3-2-8-29-14/h2-3,6-9,11-12H,4-5,10H2,1H3,(H,21,27)(H2,22,23,28). The van der Waals surface area contributed by atoms with Crippen LogP contribution in [0.2, 0.25) is 0 Å². The molecule has 1 fully saturated rings. The number of nitrogens with one attached hydrogen (secondary N) is 3. The van der Waals surface area contributed by atoms with E-state index in [1.54, 1.807) is 24.5 Å². The zero-order valence-electron chi connectivity index (χ0n) is 16.2. The largest absolute Gasteiger partial charge is 0.467 e. The van der Waals surface area contributed by atoms with E-state index in [1.165, 1.54) is 11.8 Å². The van der Waals surface area contributed by atoms with Crippen LogP contribution < -0.4 is 11.0 Å². The Morgan fingerprint density at radius 3 is 2.90 bits per heavy atom. The third-order valence-electron chi connectivity index (χ3n) is 5.02. The van der Waals surface area contributed by atoms with Crippen molar-refractivity contribution >= 4 is 34.4 Å². The number of hydrogen-bond donors (Lipinski definition) is 3. The lowest BCUT2D eigenvalue weighted by Crippen LogP contribution is -2.23. The number of fused-ring (bicyclic) bond motifs is 1. The number of furan rings is 1. The van der Waals surface area contributed by atoms with E-state index < -0.39 is 5.25 Å². The lowest BCUT2D eigenvalue weighted by molar-refractivity contribution is -0.115. The third-order valence-corrected chi connectivity index (χ3v) is 6.10. The Balaban J connectivity index is 1.32. The number of nitrogens with zero attached hydrogens (tertiary/aromatic N) is 3. The summed E-state index contributed by atoms with van der Waals surface area (Å²) < 4.78 is 7.54. The highest BCUT2D eigenvalue weighted by molar-refractivity contribution is 8.00. The van der Waals surface area contributed by atoms with Gasteiger partial charge in [-0.3, -0.25) is 9.36 Å². The maximum atomic E-state index is 12.8. The van der Waals surface area contributed by atoms with Crippen LogP contribution in [0.25, 0.3) is 11.0 Å². The van der Waals surface area contributed by atoms with Gasteiger partial charge in [0.25, 0.3) is 0 Å². The van der Waals surface area contributed by atoms with Gasteiger partial charge in [0.2, 0.25) is 5.91 Å². The van der Waals surface area contributed by atoms with Crippen LogP contribution in [0, 0.1) is 0 Å². The average molecular weight is 424 g/mol. The minimum absolute atomic E-state index is 0.155. The van der Waals surface area contributed by atoms with Gasteiger partial charge in [0.1, 0.15) is 11.6 Å². The van der Waals surface area contributed by atoms with E-state index in [2.05, 4.69) is 25.5 Å². The number of carbonyl (C=O) groups is 1. The fraction of sp³-hybridized carbons (Fsp3) is 0.300. The summed E-state index contributed by atoms with van der Waals surface area (Å²) in [6, 6.07) is 9.01. The van der Waals surface area contributed by atoms with E-state index in [1.807, 2.05) is 23.6 Å². The SMILES string of the molecule is CC(Sc1nnc(C2CC2)n1Cc1ccco1)C(=O)Nc1ccc2[nH]c(=O)[nH]c2c1. The molecule has 9 nitrogen and oxygen atoms in total. The van der Waals surface area contributed by atoms with Gasteiger partial charge < -0.3 is 19.7 Å². The minimum Gasteiger partial charge on any atom is -0.467 e. The lowest BCUT2D eigenvalue weighted by Gasteiger charge is -2.13. The highest BCUT2D eigenvalue weighted by Crippen LogP contribution is 2.40. The highest BCUT2D eigenvalue weighted by atomic mass is 32.2. The zero-order chi connectivity index (χ0) is 20.7. The van der Waals surface area contributed by atoms with E-state index in [0.29, 0.717) is 34.3 Å². The van der Waals surface area contributed by atoms with Crippen molar-refractivity contribution in [2.24, 2.45) is 0 Å². The number of carbonyl (C=O) groups excluding carboxylic acids is 1. The van der Waals surface area contributed by atoms with Crippen molar-refractivity contribution in [2.75, 3.05) is 5.32 Å². The first-order valence-corrected chi connectivity index (χ1v) is 10.6. The van der Waals surface area contributed by atoms with Crippen LogP contribution in [0.15, 0.2) is 51.0 Å². The van der Waals surface area contributed by atoms with Crippen LogP contribution in [0.5, 0.6) is 0 Å². The van der Waals surface area contributed by atoms with Crippen molar-refractivity contribution in [3.8, 4) is 0 Å².